The van der Waals surface area contributed by atoms with E-state index in [0.29, 0.717) is 10.2 Å². The number of halogens is 3. The van der Waals surface area contributed by atoms with Gasteiger partial charge in [0.1, 0.15) is 0 Å². The zero-order valence-electron chi connectivity index (χ0n) is 2.34. The van der Waals surface area contributed by atoms with Gasteiger partial charge in [0.2, 0.25) is 0 Å². The van der Waals surface area contributed by atoms with Gasteiger partial charge in [-0.3, -0.25) is 0 Å². The van der Waals surface area contributed by atoms with E-state index in [1.807, 2.05) is 0 Å². The second kappa shape index (κ2) is 3.26. The van der Waals surface area contributed by atoms with Gasteiger partial charge in [-0.05, 0) is 0 Å². The van der Waals surface area contributed by atoms with Crippen molar-refractivity contribution in [2.24, 2.45) is 0 Å². The highest BCUT2D eigenvalue weighted by molar-refractivity contribution is 9.09. The Morgan fingerprint density at radius 2 is 1.80 bits per heavy atom. The van der Waals surface area contributed by atoms with Crippen molar-refractivity contribution in [1.29, 1.82) is 0 Å². The van der Waals surface area contributed by atoms with E-state index < -0.39 is 0 Å². The first-order valence-electron chi connectivity index (χ1n) is 0.999. The molecule has 0 atom stereocenters. The van der Waals surface area contributed by atoms with E-state index in [9.17, 15) is 0 Å². The molecule has 0 bridgehead atoms. The fourth-order valence-electron chi connectivity index (χ4n) is 0. The summed E-state index contributed by atoms with van der Waals surface area (Å²) in [5.41, 5.74) is 0. The molecule has 1 radical (unpaired) electrons. The third-order valence-corrected chi connectivity index (χ3v) is 1.57. The van der Waals surface area contributed by atoms with Gasteiger partial charge in [0.25, 0.3) is 0 Å². The van der Waals surface area contributed by atoms with E-state index in [1.54, 1.807) is 0 Å². The molecule has 0 aliphatic carbocycles. The van der Waals surface area contributed by atoms with Crippen LogP contribution in [0.3, 0.4) is 0 Å². The maximum absolute atomic E-state index is 5.10. The van der Waals surface area contributed by atoms with Crippen molar-refractivity contribution in [2.75, 3.05) is 5.33 Å². The van der Waals surface area contributed by atoms with Crippen LogP contribution in [0.15, 0.2) is 0 Å². The molecule has 0 rings (SSSR count). The van der Waals surface area contributed by atoms with Crippen LogP contribution in [0, 0.1) is 4.84 Å². The van der Waals surface area contributed by atoms with Gasteiger partial charge in [-0.1, -0.05) is 39.1 Å². The second-order valence-electron chi connectivity index (χ2n) is 0.472. The highest BCUT2D eigenvalue weighted by Crippen LogP contribution is 2.13. The number of alkyl halides is 1. The van der Waals surface area contributed by atoms with Gasteiger partial charge in [-0.15, -0.1) is 0 Å². The summed E-state index contributed by atoms with van der Waals surface area (Å²) >= 11 is 13.2. The van der Waals surface area contributed by atoms with Crippen molar-refractivity contribution in [2.45, 2.75) is 0 Å². The lowest BCUT2D eigenvalue weighted by atomic mass is 11.0. The minimum absolute atomic E-state index is 0.366. The molecule has 0 aromatic heterocycles. The normalized spacial score (nSPS) is 9.60. The van der Waals surface area contributed by atoms with E-state index in [0.717, 1.165) is 0 Å². The lowest BCUT2D eigenvalue weighted by Crippen LogP contribution is -1.68. The van der Waals surface area contributed by atoms with Crippen LogP contribution in [-0.4, -0.2) is 5.33 Å². The highest BCUT2D eigenvalue weighted by atomic mass is 79.9. The topological polar surface area (TPSA) is 0 Å². The molecule has 0 N–H and O–H groups in total. The predicted octanol–water partition coefficient (Wildman–Crippen LogP) is 2.35. The van der Waals surface area contributed by atoms with Crippen molar-refractivity contribution in [3.05, 3.63) is 4.84 Å². The maximum Gasteiger partial charge on any atom is 0.161 e. The maximum atomic E-state index is 5.10. The zero-order valence-corrected chi connectivity index (χ0v) is 5.44. The summed E-state index contributed by atoms with van der Waals surface area (Å²) in [7, 11) is 0. The molecule has 3 heteroatoms. The van der Waals surface area contributed by atoms with Crippen molar-refractivity contribution in [3.8, 4) is 0 Å². The first-order valence-corrected chi connectivity index (χ1v) is 2.88. The van der Waals surface area contributed by atoms with Gasteiger partial charge in [-0.25, -0.2) is 0 Å². The lowest BCUT2D eigenvalue weighted by Gasteiger charge is -1.80. The molecule has 0 aliphatic rings. The van der Waals surface area contributed by atoms with Crippen molar-refractivity contribution in [1.82, 2.24) is 0 Å². The second-order valence-corrected chi connectivity index (χ2v) is 2.14. The standard InChI is InChI=1S/C2H2BrCl2/c3-1-2(4)5/h1H2. The Bertz CT molecular complexity index is 21.6. The smallest absolute Gasteiger partial charge is 0.0973 e. The summed E-state index contributed by atoms with van der Waals surface area (Å²) in [6.45, 7) is 0. The summed E-state index contributed by atoms with van der Waals surface area (Å²) in [5.74, 6) is 0. The summed E-state index contributed by atoms with van der Waals surface area (Å²) in [4.78, 5) is 0.366. The van der Waals surface area contributed by atoms with Crippen molar-refractivity contribution >= 4 is 39.1 Å². The Hall–Kier alpha value is 1.06. The monoisotopic (exact) mass is 175 g/mol. The molecule has 0 amide bonds. The van der Waals surface area contributed by atoms with Crippen molar-refractivity contribution < 1.29 is 0 Å². The summed E-state index contributed by atoms with van der Waals surface area (Å²) in [6, 6.07) is 0. The minimum atomic E-state index is 0.366. The summed E-state index contributed by atoms with van der Waals surface area (Å²) < 4.78 is 0. The fourth-order valence-corrected chi connectivity index (χ4v) is 0. The SMILES string of the molecule is Cl[C](Cl)CBr. The molecule has 0 unspecified atom stereocenters. The quantitative estimate of drug-likeness (QED) is 0.539. The Morgan fingerprint density at radius 1 is 1.60 bits per heavy atom. The molecule has 0 aliphatic heterocycles. The first kappa shape index (κ1) is 6.06. The molecule has 5 heavy (non-hydrogen) atoms. The molecule has 0 heterocycles. The third kappa shape index (κ3) is 5.06. The van der Waals surface area contributed by atoms with Gasteiger partial charge in [0.15, 0.2) is 4.84 Å². The first-order chi connectivity index (χ1) is 2.27. The minimum Gasteiger partial charge on any atom is -0.0973 e. The van der Waals surface area contributed by atoms with Crippen LogP contribution in [0.2, 0.25) is 0 Å². The van der Waals surface area contributed by atoms with Crippen molar-refractivity contribution in [3.63, 3.8) is 0 Å². The average Bonchev–Trinajstić information content (AvgIpc) is 1.38. The van der Waals surface area contributed by atoms with E-state index in [-0.39, 0.29) is 0 Å². The van der Waals surface area contributed by atoms with Gasteiger partial charge >= 0.3 is 0 Å². The van der Waals surface area contributed by atoms with Crippen LogP contribution < -0.4 is 0 Å². The van der Waals surface area contributed by atoms with Crippen LogP contribution in [0.1, 0.15) is 0 Å². The number of hydrogen-bond acceptors (Lipinski definition) is 0. The Balaban J connectivity index is 2.54. The predicted molar refractivity (Wildman–Crippen MR) is 28.7 cm³/mol. The molecular formula is C2H2BrCl2. The Labute approximate surface area is 49.6 Å². The van der Waals surface area contributed by atoms with Crippen LogP contribution in [0.25, 0.3) is 0 Å². The third-order valence-electron chi connectivity index (χ3n) is 0.101. The summed E-state index contributed by atoms with van der Waals surface area (Å²) in [6.07, 6.45) is 0. The molecule has 31 valence electrons. The molecule has 0 nitrogen and oxygen atoms in total. The molecule has 0 spiro atoms. The van der Waals surface area contributed by atoms with Gasteiger partial charge < -0.3 is 0 Å². The van der Waals surface area contributed by atoms with Gasteiger partial charge in [0.05, 0.1) is 0 Å². The molecule has 0 saturated heterocycles. The van der Waals surface area contributed by atoms with Crippen LogP contribution in [0.4, 0.5) is 0 Å². The largest absolute Gasteiger partial charge is 0.161 e. The zero-order chi connectivity index (χ0) is 4.28. The van der Waals surface area contributed by atoms with Gasteiger partial charge in [-0.2, -0.15) is 0 Å². The van der Waals surface area contributed by atoms with E-state index in [2.05, 4.69) is 15.9 Å². The molecule has 0 fully saturated rings. The fraction of sp³-hybridized carbons (Fsp3) is 0.500. The number of rotatable bonds is 1. The van der Waals surface area contributed by atoms with Crippen LogP contribution in [0.5, 0.6) is 0 Å². The molecule has 0 aromatic rings. The van der Waals surface area contributed by atoms with E-state index in [1.165, 1.54) is 0 Å². The van der Waals surface area contributed by atoms with E-state index >= 15 is 0 Å². The Morgan fingerprint density at radius 3 is 1.80 bits per heavy atom. The number of hydrogen-bond donors (Lipinski definition) is 0. The summed E-state index contributed by atoms with van der Waals surface area (Å²) in [5, 5.41) is 0.566. The molecule has 0 saturated carbocycles. The lowest BCUT2D eigenvalue weighted by molar-refractivity contribution is 1.69. The molecule has 0 aromatic carbocycles. The Kier molecular flexibility index (Phi) is 3.95. The van der Waals surface area contributed by atoms with Crippen LogP contribution in [-0.2, 0) is 0 Å². The highest BCUT2D eigenvalue weighted by Gasteiger charge is 1.90. The van der Waals surface area contributed by atoms with E-state index in [4.69, 9.17) is 23.2 Å². The van der Waals surface area contributed by atoms with Gasteiger partial charge in [0, 0.05) is 5.33 Å². The molecular weight excluding hydrogens is 175 g/mol. The van der Waals surface area contributed by atoms with Crippen LogP contribution >= 0.6 is 39.1 Å². The average molecular weight is 177 g/mol.